The highest BCUT2D eigenvalue weighted by atomic mass is 16.5. The first kappa shape index (κ1) is 16.9. The Morgan fingerprint density at radius 2 is 1.35 bits per heavy atom. The molecule has 1 atom stereocenters. The largest absolute Gasteiger partial charge is 0.379 e. The van der Waals surface area contributed by atoms with Gasteiger partial charge in [-0.1, -0.05) is 52.4 Å². The first-order valence-corrected chi connectivity index (χ1v) is 7.50. The summed E-state index contributed by atoms with van der Waals surface area (Å²) in [6.07, 6.45) is 10.4. The molecule has 1 unspecified atom stereocenters. The third-order valence-corrected chi connectivity index (χ3v) is 2.90. The predicted molar refractivity (Wildman–Crippen MR) is 74.5 cm³/mol. The summed E-state index contributed by atoms with van der Waals surface area (Å²) in [5.41, 5.74) is 0. The van der Waals surface area contributed by atoms with E-state index < -0.39 is 0 Å². The molecule has 0 rings (SSSR count). The van der Waals surface area contributed by atoms with E-state index in [-0.39, 0.29) is 6.10 Å². The first-order chi connectivity index (χ1) is 8.31. The average molecular weight is 244 g/mol. The number of ether oxygens (including phenoxy) is 2. The summed E-state index contributed by atoms with van der Waals surface area (Å²) in [6.45, 7) is 9.10. The van der Waals surface area contributed by atoms with Crippen molar-refractivity contribution in [2.75, 3.05) is 19.8 Å². The van der Waals surface area contributed by atoms with Gasteiger partial charge >= 0.3 is 0 Å². The summed E-state index contributed by atoms with van der Waals surface area (Å²) >= 11 is 0. The maximum absolute atomic E-state index is 5.69. The SMILES string of the molecule is CCCCCCOCC(C)OCCCCCC. The van der Waals surface area contributed by atoms with Gasteiger partial charge in [0.1, 0.15) is 0 Å². The van der Waals surface area contributed by atoms with Crippen LogP contribution in [0.25, 0.3) is 0 Å². The molecule has 0 amide bonds. The molecule has 104 valence electrons. The molecular weight excluding hydrogens is 212 g/mol. The van der Waals surface area contributed by atoms with Gasteiger partial charge in [-0.05, 0) is 19.8 Å². The molecule has 0 bridgehead atoms. The van der Waals surface area contributed by atoms with Crippen molar-refractivity contribution in [1.29, 1.82) is 0 Å². The minimum Gasteiger partial charge on any atom is -0.379 e. The van der Waals surface area contributed by atoms with Crippen LogP contribution < -0.4 is 0 Å². The van der Waals surface area contributed by atoms with Crippen molar-refractivity contribution in [2.45, 2.75) is 78.2 Å². The van der Waals surface area contributed by atoms with Crippen LogP contribution in [0, 0.1) is 0 Å². The molecule has 0 spiro atoms. The number of hydrogen-bond acceptors (Lipinski definition) is 2. The molecule has 0 fully saturated rings. The Balaban J connectivity index is 3.09. The molecule has 17 heavy (non-hydrogen) atoms. The Bertz CT molecular complexity index is 137. The van der Waals surface area contributed by atoms with Crippen LogP contribution in [0.5, 0.6) is 0 Å². The first-order valence-electron chi connectivity index (χ1n) is 7.50. The summed E-state index contributed by atoms with van der Waals surface area (Å²) in [4.78, 5) is 0. The lowest BCUT2D eigenvalue weighted by Gasteiger charge is -2.13. The number of hydrogen-bond donors (Lipinski definition) is 0. The lowest BCUT2D eigenvalue weighted by molar-refractivity contribution is -0.00865. The maximum Gasteiger partial charge on any atom is 0.0780 e. The van der Waals surface area contributed by atoms with Crippen LogP contribution in [0.1, 0.15) is 72.1 Å². The minimum absolute atomic E-state index is 0.253. The monoisotopic (exact) mass is 244 g/mol. The summed E-state index contributed by atoms with van der Waals surface area (Å²) < 4.78 is 11.3. The van der Waals surface area contributed by atoms with Crippen molar-refractivity contribution < 1.29 is 9.47 Å². The van der Waals surface area contributed by atoms with Gasteiger partial charge in [-0.3, -0.25) is 0 Å². The number of rotatable bonds is 13. The van der Waals surface area contributed by atoms with Crippen LogP contribution in [0.4, 0.5) is 0 Å². The molecular formula is C15H32O2. The van der Waals surface area contributed by atoms with E-state index in [0.29, 0.717) is 0 Å². The van der Waals surface area contributed by atoms with Gasteiger partial charge in [0.2, 0.25) is 0 Å². The third kappa shape index (κ3) is 13.9. The van der Waals surface area contributed by atoms with Gasteiger partial charge in [0.05, 0.1) is 12.7 Å². The van der Waals surface area contributed by atoms with Crippen LogP contribution >= 0.6 is 0 Å². The standard InChI is InChI=1S/C15H32O2/c1-4-6-8-10-12-16-14-15(3)17-13-11-9-7-5-2/h15H,4-14H2,1-3H3. The zero-order chi connectivity index (χ0) is 12.8. The quantitative estimate of drug-likeness (QED) is 0.442. The second kappa shape index (κ2) is 14.0. The second-order valence-corrected chi connectivity index (χ2v) is 4.88. The van der Waals surface area contributed by atoms with Crippen LogP contribution in [-0.2, 0) is 9.47 Å². The molecule has 0 heterocycles. The molecule has 2 nitrogen and oxygen atoms in total. The summed E-state index contributed by atoms with van der Waals surface area (Å²) in [5, 5.41) is 0. The molecule has 0 saturated heterocycles. The minimum atomic E-state index is 0.253. The summed E-state index contributed by atoms with van der Waals surface area (Å²) in [6, 6.07) is 0. The van der Waals surface area contributed by atoms with E-state index in [1.54, 1.807) is 0 Å². The molecule has 0 aromatic carbocycles. The van der Waals surface area contributed by atoms with Gasteiger partial charge in [-0.15, -0.1) is 0 Å². The molecule has 0 aliphatic rings. The molecule has 2 heteroatoms. The molecule has 0 N–H and O–H groups in total. The van der Waals surface area contributed by atoms with Gasteiger partial charge in [-0.25, -0.2) is 0 Å². The topological polar surface area (TPSA) is 18.5 Å². The van der Waals surface area contributed by atoms with Crippen molar-refractivity contribution >= 4 is 0 Å². The second-order valence-electron chi connectivity index (χ2n) is 4.88. The molecule has 0 aromatic rings. The van der Waals surface area contributed by atoms with E-state index in [1.165, 1.54) is 51.4 Å². The molecule has 0 aromatic heterocycles. The highest BCUT2D eigenvalue weighted by Gasteiger charge is 2.01. The van der Waals surface area contributed by atoms with E-state index in [0.717, 1.165) is 19.8 Å². The van der Waals surface area contributed by atoms with Crippen molar-refractivity contribution in [2.24, 2.45) is 0 Å². The van der Waals surface area contributed by atoms with Crippen LogP contribution in [0.15, 0.2) is 0 Å². The van der Waals surface area contributed by atoms with Gasteiger partial charge in [0.25, 0.3) is 0 Å². The fourth-order valence-corrected chi connectivity index (χ4v) is 1.74. The normalized spacial score (nSPS) is 12.9. The maximum atomic E-state index is 5.69. The third-order valence-electron chi connectivity index (χ3n) is 2.90. The highest BCUT2D eigenvalue weighted by molar-refractivity contribution is 4.49. The van der Waals surface area contributed by atoms with Gasteiger partial charge in [-0.2, -0.15) is 0 Å². The van der Waals surface area contributed by atoms with Crippen LogP contribution in [0.3, 0.4) is 0 Å². The predicted octanol–water partition coefficient (Wildman–Crippen LogP) is 4.57. The highest BCUT2D eigenvalue weighted by Crippen LogP contribution is 2.02. The fraction of sp³-hybridized carbons (Fsp3) is 1.00. The van der Waals surface area contributed by atoms with Crippen LogP contribution in [-0.4, -0.2) is 25.9 Å². The Morgan fingerprint density at radius 3 is 1.94 bits per heavy atom. The molecule has 0 saturated carbocycles. The average Bonchev–Trinajstić information content (AvgIpc) is 2.33. The molecule has 0 radical (unpaired) electrons. The Morgan fingerprint density at radius 1 is 0.765 bits per heavy atom. The van der Waals surface area contributed by atoms with E-state index in [4.69, 9.17) is 9.47 Å². The van der Waals surface area contributed by atoms with E-state index in [2.05, 4.69) is 20.8 Å². The summed E-state index contributed by atoms with van der Waals surface area (Å²) in [5.74, 6) is 0. The van der Waals surface area contributed by atoms with Crippen molar-refractivity contribution in [3.05, 3.63) is 0 Å². The summed E-state index contributed by atoms with van der Waals surface area (Å²) in [7, 11) is 0. The van der Waals surface area contributed by atoms with Gasteiger partial charge in [0.15, 0.2) is 0 Å². The van der Waals surface area contributed by atoms with E-state index >= 15 is 0 Å². The lowest BCUT2D eigenvalue weighted by atomic mass is 10.2. The lowest BCUT2D eigenvalue weighted by Crippen LogP contribution is -2.17. The van der Waals surface area contributed by atoms with Gasteiger partial charge < -0.3 is 9.47 Å². The number of unbranched alkanes of at least 4 members (excludes halogenated alkanes) is 6. The molecule has 0 aliphatic carbocycles. The van der Waals surface area contributed by atoms with Crippen molar-refractivity contribution in [3.63, 3.8) is 0 Å². The smallest absolute Gasteiger partial charge is 0.0780 e. The zero-order valence-electron chi connectivity index (χ0n) is 12.2. The van der Waals surface area contributed by atoms with Crippen molar-refractivity contribution in [1.82, 2.24) is 0 Å². The molecule has 0 aliphatic heterocycles. The van der Waals surface area contributed by atoms with Gasteiger partial charge in [0, 0.05) is 13.2 Å². The van der Waals surface area contributed by atoms with Crippen LogP contribution in [0.2, 0.25) is 0 Å². The zero-order valence-corrected chi connectivity index (χ0v) is 12.2. The van der Waals surface area contributed by atoms with Crippen molar-refractivity contribution in [3.8, 4) is 0 Å². The van der Waals surface area contributed by atoms with E-state index in [1.807, 2.05) is 0 Å². The Hall–Kier alpha value is -0.0800. The fourth-order valence-electron chi connectivity index (χ4n) is 1.74. The Kier molecular flexibility index (Phi) is 13.9. The van der Waals surface area contributed by atoms with E-state index in [9.17, 15) is 0 Å². The Labute approximate surface area is 108 Å².